The van der Waals surface area contributed by atoms with Crippen molar-refractivity contribution >= 4 is 28.4 Å². The molecule has 24 heavy (non-hydrogen) atoms. The van der Waals surface area contributed by atoms with Crippen molar-refractivity contribution in [1.29, 1.82) is 0 Å². The highest BCUT2D eigenvalue weighted by Gasteiger charge is 2.30. The van der Waals surface area contributed by atoms with E-state index >= 15 is 0 Å². The number of benzene rings is 1. The second kappa shape index (κ2) is 7.16. The first-order valence-corrected chi connectivity index (χ1v) is 9.21. The topological polar surface area (TPSA) is 65.1 Å². The van der Waals surface area contributed by atoms with Gasteiger partial charge >= 0.3 is 0 Å². The highest BCUT2D eigenvalue weighted by molar-refractivity contribution is 6.38. The number of aromatic amines is 1. The highest BCUT2D eigenvalue weighted by Crippen LogP contribution is 2.31. The van der Waals surface area contributed by atoms with Crippen LogP contribution in [0.15, 0.2) is 18.3 Å². The number of aliphatic hydroxyl groups is 1. The van der Waals surface area contributed by atoms with Gasteiger partial charge in [-0.1, -0.05) is 44.2 Å². The number of aromatic nitrogens is 1. The number of aryl methyl sites for hydroxylation is 1. The SMILES string of the molecule is CCCc1cc(C(=O)NCC2(O)CCCCC2)c(Cl)c2cc[nH]c12. The summed E-state index contributed by atoms with van der Waals surface area (Å²) in [5, 5.41) is 14.8. The Hall–Kier alpha value is -1.52. The quantitative estimate of drug-likeness (QED) is 0.758. The van der Waals surface area contributed by atoms with Gasteiger partial charge < -0.3 is 15.4 Å². The summed E-state index contributed by atoms with van der Waals surface area (Å²) in [6, 6.07) is 3.78. The third kappa shape index (κ3) is 3.45. The monoisotopic (exact) mass is 348 g/mol. The molecule has 1 heterocycles. The molecular weight excluding hydrogens is 324 g/mol. The maximum atomic E-state index is 12.7. The molecule has 2 aromatic rings. The van der Waals surface area contributed by atoms with E-state index in [1.54, 1.807) is 0 Å². The maximum Gasteiger partial charge on any atom is 0.252 e. The second-order valence-electron chi connectivity index (χ2n) is 6.88. The minimum Gasteiger partial charge on any atom is -0.388 e. The molecule has 0 unspecified atom stereocenters. The predicted molar refractivity (Wildman–Crippen MR) is 97.7 cm³/mol. The number of fused-ring (bicyclic) bond motifs is 1. The van der Waals surface area contributed by atoms with E-state index in [1.807, 2.05) is 18.3 Å². The molecule has 3 rings (SSSR count). The molecule has 0 atom stereocenters. The third-order valence-corrected chi connectivity index (χ3v) is 5.39. The van der Waals surface area contributed by atoms with Crippen molar-refractivity contribution in [3.63, 3.8) is 0 Å². The number of hydrogen-bond acceptors (Lipinski definition) is 2. The summed E-state index contributed by atoms with van der Waals surface area (Å²) in [6.07, 6.45) is 8.42. The lowest BCUT2D eigenvalue weighted by Gasteiger charge is -2.32. The summed E-state index contributed by atoms with van der Waals surface area (Å²) in [5.74, 6) is -0.209. The summed E-state index contributed by atoms with van der Waals surface area (Å²) < 4.78 is 0. The normalized spacial score (nSPS) is 17.1. The van der Waals surface area contributed by atoms with Crippen LogP contribution in [0, 0.1) is 0 Å². The predicted octanol–water partition coefficient (Wildman–Crippen LogP) is 4.20. The third-order valence-electron chi connectivity index (χ3n) is 4.99. The first-order chi connectivity index (χ1) is 11.5. The van der Waals surface area contributed by atoms with Gasteiger partial charge in [0.1, 0.15) is 0 Å². The van der Waals surface area contributed by atoms with Crippen molar-refractivity contribution in [2.45, 2.75) is 57.5 Å². The Bertz CT molecular complexity index is 732. The lowest BCUT2D eigenvalue weighted by Crippen LogP contribution is -2.44. The Morgan fingerprint density at radius 2 is 2.12 bits per heavy atom. The van der Waals surface area contributed by atoms with Gasteiger partial charge in [0.15, 0.2) is 0 Å². The van der Waals surface area contributed by atoms with Crippen LogP contribution in [0.1, 0.15) is 61.4 Å². The average molecular weight is 349 g/mol. The van der Waals surface area contributed by atoms with Gasteiger partial charge in [0.25, 0.3) is 5.91 Å². The van der Waals surface area contributed by atoms with Crippen molar-refractivity contribution in [1.82, 2.24) is 10.3 Å². The van der Waals surface area contributed by atoms with E-state index in [4.69, 9.17) is 11.6 Å². The molecule has 1 amide bonds. The fraction of sp³-hybridized carbons (Fsp3) is 0.526. The number of carbonyl (C=O) groups excluding carboxylic acids is 1. The first-order valence-electron chi connectivity index (χ1n) is 8.83. The van der Waals surface area contributed by atoms with Crippen LogP contribution >= 0.6 is 11.6 Å². The van der Waals surface area contributed by atoms with Gasteiger partial charge in [-0.2, -0.15) is 0 Å². The Labute approximate surface area is 147 Å². The van der Waals surface area contributed by atoms with E-state index in [1.165, 1.54) is 0 Å². The highest BCUT2D eigenvalue weighted by atomic mass is 35.5. The summed E-state index contributed by atoms with van der Waals surface area (Å²) >= 11 is 6.46. The molecule has 1 aromatic heterocycles. The van der Waals surface area contributed by atoms with Crippen molar-refractivity contribution in [2.24, 2.45) is 0 Å². The van der Waals surface area contributed by atoms with Crippen molar-refractivity contribution < 1.29 is 9.90 Å². The zero-order chi connectivity index (χ0) is 17.2. The van der Waals surface area contributed by atoms with Gasteiger partial charge in [0, 0.05) is 18.1 Å². The molecule has 1 saturated carbocycles. The Morgan fingerprint density at radius 3 is 2.83 bits per heavy atom. The van der Waals surface area contributed by atoms with Crippen molar-refractivity contribution in [2.75, 3.05) is 6.54 Å². The van der Waals surface area contributed by atoms with Gasteiger partial charge in [0.05, 0.1) is 21.7 Å². The molecule has 0 aliphatic heterocycles. The van der Waals surface area contributed by atoms with Crippen LogP contribution in [-0.4, -0.2) is 28.1 Å². The van der Waals surface area contributed by atoms with Crippen LogP contribution in [-0.2, 0) is 6.42 Å². The molecule has 0 bridgehead atoms. The van der Waals surface area contributed by atoms with Gasteiger partial charge in [-0.25, -0.2) is 0 Å². The summed E-state index contributed by atoms with van der Waals surface area (Å²) in [6.45, 7) is 2.40. The average Bonchev–Trinajstić information content (AvgIpc) is 3.06. The molecule has 1 aromatic carbocycles. The second-order valence-corrected chi connectivity index (χ2v) is 7.26. The maximum absolute atomic E-state index is 12.7. The van der Waals surface area contributed by atoms with Crippen molar-refractivity contribution in [3.05, 3.63) is 34.5 Å². The molecule has 1 fully saturated rings. The summed E-state index contributed by atoms with van der Waals surface area (Å²) in [5.41, 5.74) is 1.82. The van der Waals surface area contributed by atoms with Crippen LogP contribution in [0.5, 0.6) is 0 Å². The first kappa shape index (κ1) is 17.3. The van der Waals surface area contributed by atoms with Crippen LogP contribution < -0.4 is 5.32 Å². The number of nitrogens with one attached hydrogen (secondary N) is 2. The van der Waals surface area contributed by atoms with E-state index in [0.29, 0.717) is 10.6 Å². The molecule has 4 nitrogen and oxygen atoms in total. The van der Waals surface area contributed by atoms with E-state index in [0.717, 1.165) is 61.4 Å². The molecule has 0 radical (unpaired) electrons. The minimum atomic E-state index is -0.773. The Kier molecular flexibility index (Phi) is 5.16. The summed E-state index contributed by atoms with van der Waals surface area (Å²) in [7, 11) is 0. The zero-order valence-electron chi connectivity index (χ0n) is 14.1. The Morgan fingerprint density at radius 1 is 1.38 bits per heavy atom. The van der Waals surface area contributed by atoms with Gasteiger partial charge in [-0.05, 0) is 37.0 Å². The molecule has 1 aliphatic rings. The van der Waals surface area contributed by atoms with Crippen LogP contribution in [0.4, 0.5) is 0 Å². The zero-order valence-corrected chi connectivity index (χ0v) is 14.9. The molecule has 5 heteroatoms. The van der Waals surface area contributed by atoms with E-state index in [2.05, 4.69) is 17.2 Å². The fourth-order valence-electron chi connectivity index (χ4n) is 3.63. The molecule has 130 valence electrons. The van der Waals surface area contributed by atoms with Crippen LogP contribution in [0.25, 0.3) is 10.9 Å². The molecule has 0 spiro atoms. The minimum absolute atomic E-state index is 0.209. The Balaban J connectivity index is 1.82. The number of H-pyrrole nitrogens is 1. The van der Waals surface area contributed by atoms with E-state index in [-0.39, 0.29) is 12.5 Å². The smallest absolute Gasteiger partial charge is 0.252 e. The standard InChI is InChI=1S/C19H25ClN2O2/c1-2-6-13-11-15(16(20)14-7-10-21-17(13)14)18(23)22-12-19(24)8-4-3-5-9-19/h7,10-11,21,24H,2-6,8-9,12H2,1H3,(H,22,23). The summed E-state index contributed by atoms with van der Waals surface area (Å²) in [4.78, 5) is 15.9. The van der Waals surface area contributed by atoms with E-state index in [9.17, 15) is 9.90 Å². The number of rotatable bonds is 5. The van der Waals surface area contributed by atoms with Gasteiger partial charge in [-0.15, -0.1) is 0 Å². The largest absolute Gasteiger partial charge is 0.388 e. The number of carbonyl (C=O) groups is 1. The van der Waals surface area contributed by atoms with Crippen LogP contribution in [0.2, 0.25) is 5.02 Å². The lowest BCUT2D eigenvalue weighted by atomic mass is 9.85. The molecule has 1 aliphatic carbocycles. The van der Waals surface area contributed by atoms with Gasteiger partial charge in [-0.3, -0.25) is 4.79 Å². The fourth-order valence-corrected chi connectivity index (χ4v) is 3.93. The molecule has 0 saturated heterocycles. The molecule has 3 N–H and O–H groups in total. The molecular formula is C19H25ClN2O2. The lowest BCUT2D eigenvalue weighted by molar-refractivity contribution is 0.00526. The van der Waals surface area contributed by atoms with Gasteiger partial charge in [0.2, 0.25) is 0 Å². The van der Waals surface area contributed by atoms with E-state index < -0.39 is 5.60 Å². The van der Waals surface area contributed by atoms with Crippen LogP contribution in [0.3, 0.4) is 0 Å². The van der Waals surface area contributed by atoms with Crippen molar-refractivity contribution in [3.8, 4) is 0 Å². The number of amides is 1. The number of hydrogen-bond donors (Lipinski definition) is 3. The number of halogens is 1.